The molecule has 2 aromatic rings. The Morgan fingerprint density at radius 1 is 1.56 bits per heavy atom. The molecular weight excluding hydrogens is 266 g/mol. The molecule has 0 saturated heterocycles. The third-order valence-corrected chi connectivity index (χ3v) is 4.77. The zero-order chi connectivity index (χ0) is 13.0. The first kappa shape index (κ1) is 13.1. The van der Waals surface area contributed by atoms with Crippen LogP contribution in [-0.4, -0.2) is 15.4 Å². The second-order valence-corrected chi connectivity index (χ2v) is 6.33. The summed E-state index contributed by atoms with van der Waals surface area (Å²) >= 11 is 3.18. The van der Waals surface area contributed by atoms with Crippen LogP contribution in [0.25, 0.3) is 10.8 Å². The molecule has 94 valence electrons. The Labute approximate surface area is 114 Å². The van der Waals surface area contributed by atoms with E-state index >= 15 is 0 Å². The molecule has 0 saturated carbocycles. The van der Waals surface area contributed by atoms with Crippen LogP contribution in [0.1, 0.15) is 31.0 Å². The molecule has 0 aliphatic heterocycles. The van der Waals surface area contributed by atoms with E-state index in [0.717, 1.165) is 17.1 Å². The Balaban J connectivity index is 2.04. The molecule has 2 aromatic heterocycles. The smallest absolute Gasteiger partial charge is 0.268 e. The molecule has 1 unspecified atom stereocenters. The van der Waals surface area contributed by atoms with Gasteiger partial charge >= 0.3 is 0 Å². The van der Waals surface area contributed by atoms with E-state index in [9.17, 15) is 0 Å². The van der Waals surface area contributed by atoms with Crippen LogP contribution in [0.2, 0.25) is 0 Å². The normalized spacial score (nSPS) is 12.3. The lowest BCUT2D eigenvalue weighted by atomic mass is 10.4. The molecule has 0 radical (unpaired) electrons. The molecular formula is C12H13N3OS2. The van der Waals surface area contributed by atoms with E-state index in [2.05, 4.69) is 30.1 Å². The first-order valence-corrected chi connectivity index (χ1v) is 7.54. The van der Waals surface area contributed by atoms with E-state index in [4.69, 9.17) is 9.78 Å². The number of rotatable bonds is 5. The number of thioether (sulfide) groups is 1. The lowest BCUT2D eigenvalue weighted by Crippen LogP contribution is -1.94. The largest absolute Gasteiger partial charge is 0.333 e. The third-order valence-electron chi connectivity index (χ3n) is 2.47. The summed E-state index contributed by atoms with van der Waals surface area (Å²) in [6.45, 7) is 4.35. The Hall–Kier alpha value is -1.32. The topological polar surface area (TPSA) is 62.7 Å². The highest BCUT2D eigenvalue weighted by atomic mass is 32.2. The van der Waals surface area contributed by atoms with Crippen molar-refractivity contribution in [2.45, 2.75) is 31.3 Å². The molecule has 0 bridgehead atoms. The van der Waals surface area contributed by atoms with Crippen molar-refractivity contribution in [3.8, 4) is 16.8 Å². The van der Waals surface area contributed by atoms with E-state index < -0.39 is 0 Å². The quantitative estimate of drug-likeness (QED) is 0.835. The fraction of sp³-hybridized carbons (Fsp3) is 0.417. The van der Waals surface area contributed by atoms with Crippen LogP contribution in [-0.2, 0) is 5.75 Å². The zero-order valence-electron chi connectivity index (χ0n) is 10.2. The number of aromatic nitrogens is 2. The van der Waals surface area contributed by atoms with Gasteiger partial charge in [-0.25, -0.2) is 0 Å². The highest BCUT2D eigenvalue weighted by Crippen LogP contribution is 2.27. The highest BCUT2D eigenvalue weighted by molar-refractivity contribution is 7.99. The summed E-state index contributed by atoms with van der Waals surface area (Å²) in [5.41, 5.74) is 0. The minimum atomic E-state index is 0.501. The van der Waals surface area contributed by atoms with Crippen molar-refractivity contribution in [2.75, 3.05) is 0 Å². The Morgan fingerprint density at radius 2 is 2.39 bits per heavy atom. The number of hydrogen-bond donors (Lipinski definition) is 0. The number of nitriles is 1. The molecule has 0 fully saturated rings. The lowest BCUT2D eigenvalue weighted by Gasteiger charge is -2.04. The Kier molecular flexibility index (Phi) is 4.39. The summed E-state index contributed by atoms with van der Waals surface area (Å²) in [6, 6.07) is 5.69. The van der Waals surface area contributed by atoms with Gasteiger partial charge in [0.15, 0.2) is 5.82 Å². The van der Waals surface area contributed by atoms with E-state index in [1.165, 1.54) is 11.3 Å². The average molecular weight is 279 g/mol. The molecule has 0 aromatic carbocycles. The van der Waals surface area contributed by atoms with E-state index in [1.807, 2.05) is 17.8 Å². The molecule has 1 atom stereocenters. The van der Waals surface area contributed by atoms with Gasteiger partial charge in [-0.05, 0) is 18.6 Å². The monoisotopic (exact) mass is 279 g/mol. The van der Waals surface area contributed by atoms with Gasteiger partial charge in [0, 0.05) is 5.25 Å². The SMILES string of the molecule is CCC(C)SCc1noc(-c2ccc(C#N)s2)n1. The fourth-order valence-corrected chi connectivity index (χ4v) is 2.77. The average Bonchev–Trinajstić information content (AvgIpc) is 3.03. The molecule has 4 nitrogen and oxygen atoms in total. The molecule has 0 aliphatic rings. The van der Waals surface area contributed by atoms with Crippen molar-refractivity contribution in [3.63, 3.8) is 0 Å². The van der Waals surface area contributed by atoms with Gasteiger partial charge in [0.2, 0.25) is 0 Å². The molecule has 6 heteroatoms. The molecule has 0 N–H and O–H groups in total. The summed E-state index contributed by atoms with van der Waals surface area (Å²) < 4.78 is 5.20. The van der Waals surface area contributed by atoms with Crippen molar-refractivity contribution in [2.24, 2.45) is 0 Å². The van der Waals surface area contributed by atoms with Crippen LogP contribution < -0.4 is 0 Å². The van der Waals surface area contributed by atoms with Crippen LogP contribution in [0, 0.1) is 11.3 Å². The van der Waals surface area contributed by atoms with E-state index in [-0.39, 0.29) is 0 Å². The highest BCUT2D eigenvalue weighted by Gasteiger charge is 2.12. The summed E-state index contributed by atoms with van der Waals surface area (Å²) in [7, 11) is 0. The van der Waals surface area contributed by atoms with Crippen LogP contribution >= 0.6 is 23.1 Å². The maximum absolute atomic E-state index is 8.77. The first-order chi connectivity index (χ1) is 8.72. The molecule has 2 rings (SSSR count). The Bertz CT molecular complexity index is 556. The number of hydrogen-bond acceptors (Lipinski definition) is 6. The standard InChI is InChI=1S/C12H13N3OS2/c1-3-8(2)17-7-11-14-12(16-15-11)10-5-4-9(6-13)18-10/h4-5,8H,3,7H2,1-2H3. The van der Waals surface area contributed by atoms with Crippen LogP contribution in [0.15, 0.2) is 16.7 Å². The van der Waals surface area contributed by atoms with E-state index in [1.54, 1.807) is 6.07 Å². The molecule has 0 aliphatic carbocycles. The van der Waals surface area contributed by atoms with Gasteiger partial charge in [0.05, 0.1) is 10.6 Å². The molecule has 0 amide bonds. The molecule has 0 spiro atoms. The van der Waals surface area contributed by atoms with Gasteiger partial charge in [-0.3, -0.25) is 0 Å². The van der Waals surface area contributed by atoms with Gasteiger partial charge < -0.3 is 4.52 Å². The van der Waals surface area contributed by atoms with E-state index in [0.29, 0.717) is 21.8 Å². The van der Waals surface area contributed by atoms with Crippen LogP contribution in [0.3, 0.4) is 0 Å². The fourth-order valence-electron chi connectivity index (χ4n) is 1.26. The third kappa shape index (κ3) is 3.12. The Morgan fingerprint density at radius 3 is 3.06 bits per heavy atom. The minimum Gasteiger partial charge on any atom is -0.333 e. The summed E-state index contributed by atoms with van der Waals surface area (Å²) in [6.07, 6.45) is 1.13. The maximum atomic E-state index is 8.77. The number of nitrogens with zero attached hydrogens (tertiary/aromatic N) is 3. The predicted octanol–water partition coefficient (Wildman–Crippen LogP) is 3.70. The van der Waals surface area contributed by atoms with Crippen molar-refractivity contribution in [3.05, 3.63) is 22.8 Å². The van der Waals surface area contributed by atoms with Gasteiger partial charge in [0.1, 0.15) is 10.9 Å². The zero-order valence-corrected chi connectivity index (χ0v) is 11.8. The lowest BCUT2D eigenvalue weighted by molar-refractivity contribution is 0.426. The van der Waals surface area contributed by atoms with Crippen LogP contribution in [0.4, 0.5) is 0 Å². The maximum Gasteiger partial charge on any atom is 0.268 e. The first-order valence-electron chi connectivity index (χ1n) is 5.67. The molecule has 18 heavy (non-hydrogen) atoms. The predicted molar refractivity (Wildman–Crippen MR) is 73.4 cm³/mol. The van der Waals surface area contributed by atoms with Crippen molar-refractivity contribution in [1.29, 1.82) is 5.26 Å². The van der Waals surface area contributed by atoms with Gasteiger partial charge in [-0.1, -0.05) is 19.0 Å². The van der Waals surface area contributed by atoms with Crippen molar-refractivity contribution < 1.29 is 4.52 Å². The van der Waals surface area contributed by atoms with Gasteiger partial charge in [-0.15, -0.1) is 11.3 Å². The minimum absolute atomic E-state index is 0.501. The summed E-state index contributed by atoms with van der Waals surface area (Å²) in [4.78, 5) is 5.83. The van der Waals surface area contributed by atoms with Gasteiger partial charge in [-0.2, -0.15) is 22.0 Å². The summed E-state index contributed by atoms with van der Waals surface area (Å²) in [5.74, 6) is 1.97. The van der Waals surface area contributed by atoms with Crippen LogP contribution in [0.5, 0.6) is 0 Å². The second kappa shape index (κ2) is 6.03. The van der Waals surface area contributed by atoms with Crippen molar-refractivity contribution in [1.82, 2.24) is 10.1 Å². The van der Waals surface area contributed by atoms with Gasteiger partial charge in [0.25, 0.3) is 5.89 Å². The second-order valence-electron chi connectivity index (χ2n) is 3.82. The molecule has 2 heterocycles. The van der Waals surface area contributed by atoms with Crippen molar-refractivity contribution >= 4 is 23.1 Å². The summed E-state index contributed by atoms with van der Waals surface area (Å²) in [5, 5.41) is 13.3. The number of thiophene rings is 1.